The number of rotatable bonds is 5. The first kappa shape index (κ1) is 31.9. The van der Waals surface area contributed by atoms with Crippen molar-refractivity contribution in [2.45, 2.75) is 37.0 Å². The molecule has 2 aliphatic carbocycles. The second-order valence-corrected chi connectivity index (χ2v) is 15.4. The fourth-order valence-corrected chi connectivity index (χ4v) is 9.53. The molecule has 0 amide bonds. The van der Waals surface area contributed by atoms with E-state index in [1.165, 1.54) is 71.6 Å². The van der Waals surface area contributed by atoms with Gasteiger partial charge >= 0.3 is 0 Å². The molecule has 2 heteroatoms. The number of fused-ring (bicyclic) bond motifs is 9. The first-order valence-electron chi connectivity index (χ1n) is 18.6. The number of thiol groups is 1. The van der Waals surface area contributed by atoms with E-state index in [0.29, 0.717) is 0 Å². The molecule has 0 spiro atoms. The van der Waals surface area contributed by atoms with Crippen LogP contribution < -0.4 is 5.32 Å². The van der Waals surface area contributed by atoms with Crippen molar-refractivity contribution >= 4 is 51.6 Å². The van der Waals surface area contributed by atoms with Gasteiger partial charge in [0.15, 0.2) is 0 Å². The Hall–Kier alpha value is -5.83. The van der Waals surface area contributed by atoms with Crippen LogP contribution in [0.1, 0.15) is 42.5 Å². The molecule has 1 N–H and O–H groups in total. The third kappa shape index (κ3) is 5.08. The Morgan fingerprint density at radius 1 is 0.528 bits per heavy atom. The molecule has 0 bridgehead atoms. The number of nitrogens with one attached hydrogen (secondary N) is 1. The molecule has 2 aliphatic rings. The summed E-state index contributed by atoms with van der Waals surface area (Å²) in [5, 5.41) is 9.36. The molecule has 0 saturated heterocycles. The first-order chi connectivity index (χ1) is 26.0. The SMILES string of the molecule is CC1(C)c2ccccc2-c2ccc(-c3cccc(-c4cccc(-c5ccccc5)c4S)c3)c(Nc3ccc4c5c(c6ccccc6c4c3)C=CCC5)c21. The minimum atomic E-state index is -0.195. The molecule has 0 unspecified atom stereocenters. The zero-order chi connectivity index (χ0) is 35.7. The third-order valence-corrected chi connectivity index (χ3v) is 12.1. The highest BCUT2D eigenvalue weighted by Crippen LogP contribution is 2.54. The Kier molecular flexibility index (Phi) is 7.45. The van der Waals surface area contributed by atoms with E-state index in [1.54, 1.807) is 0 Å². The molecular formula is C51H39NS. The molecule has 254 valence electrons. The molecular weight excluding hydrogens is 659 g/mol. The molecule has 0 aromatic heterocycles. The van der Waals surface area contributed by atoms with Crippen molar-refractivity contribution in [2.24, 2.45) is 0 Å². The molecule has 1 nitrogen and oxygen atoms in total. The van der Waals surface area contributed by atoms with Gasteiger partial charge in [0.1, 0.15) is 0 Å². The van der Waals surface area contributed by atoms with Gasteiger partial charge in [0.05, 0.1) is 5.69 Å². The van der Waals surface area contributed by atoms with Gasteiger partial charge in [-0.1, -0.05) is 159 Å². The number of allylic oxidation sites excluding steroid dienone is 1. The summed E-state index contributed by atoms with van der Waals surface area (Å²) in [6.07, 6.45) is 6.80. The van der Waals surface area contributed by atoms with Crippen molar-refractivity contribution in [3.05, 3.63) is 180 Å². The van der Waals surface area contributed by atoms with Crippen LogP contribution in [0.2, 0.25) is 0 Å². The smallest absolute Gasteiger partial charge is 0.0511 e. The summed E-state index contributed by atoms with van der Waals surface area (Å²) in [5.41, 5.74) is 17.2. The van der Waals surface area contributed by atoms with Gasteiger partial charge in [0.2, 0.25) is 0 Å². The normalized spacial score (nSPS) is 13.9. The maximum atomic E-state index is 5.12. The lowest BCUT2D eigenvalue weighted by molar-refractivity contribution is 0.662. The maximum Gasteiger partial charge on any atom is 0.0511 e. The van der Waals surface area contributed by atoms with Crippen LogP contribution in [0, 0.1) is 0 Å². The van der Waals surface area contributed by atoms with E-state index in [2.05, 4.69) is 183 Å². The van der Waals surface area contributed by atoms with E-state index in [-0.39, 0.29) is 5.41 Å². The molecule has 8 aromatic carbocycles. The van der Waals surface area contributed by atoms with E-state index >= 15 is 0 Å². The minimum Gasteiger partial charge on any atom is -0.355 e. The summed E-state index contributed by atoms with van der Waals surface area (Å²) in [7, 11) is 0. The topological polar surface area (TPSA) is 12.0 Å². The number of hydrogen-bond donors (Lipinski definition) is 2. The Labute approximate surface area is 317 Å². The lowest BCUT2D eigenvalue weighted by Crippen LogP contribution is -2.17. The molecule has 0 atom stereocenters. The van der Waals surface area contributed by atoms with E-state index in [9.17, 15) is 0 Å². The van der Waals surface area contributed by atoms with Gasteiger partial charge < -0.3 is 5.32 Å². The van der Waals surface area contributed by atoms with Crippen LogP contribution in [0.3, 0.4) is 0 Å². The second kappa shape index (κ2) is 12.4. The average molecular weight is 698 g/mol. The quantitative estimate of drug-likeness (QED) is 0.135. The molecule has 0 radical (unpaired) electrons. The Morgan fingerprint density at radius 3 is 2.04 bits per heavy atom. The van der Waals surface area contributed by atoms with Crippen molar-refractivity contribution < 1.29 is 0 Å². The van der Waals surface area contributed by atoms with Gasteiger partial charge in [-0.25, -0.2) is 0 Å². The van der Waals surface area contributed by atoms with Gasteiger partial charge in [-0.3, -0.25) is 0 Å². The van der Waals surface area contributed by atoms with Crippen LogP contribution in [0.25, 0.3) is 72.1 Å². The first-order valence-corrected chi connectivity index (χ1v) is 19.1. The highest BCUT2D eigenvalue weighted by Gasteiger charge is 2.38. The zero-order valence-electron chi connectivity index (χ0n) is 29.9. The molecule has 53 heavy (non-hydrogen) atoms. The minimum absolute atomic E-state index is 0.195. The van der Waals surface area contributed by atoms with Gasteiger partial charge in [0.25, 0.3) is 0 Å². The van der Waals surface area contributed by atoms with Gasteiger partial charge in [-0.2, -0.15) is 0 Å². The number of hydrogen-bond acceptors (Lipinski definition) is 2. The molecule has 0 heterocycles. The predicted octanol–water partition coefficient (Wildman–Crippen LogP) is 14.3. The van der Waals surface area contributed by atoms with Crippen LogP contribution in [-0.4, -0.2) is 0 Å². The zero-order valence-corrected chi connectivity index (χ0v) is 30.8. The summed E-state index contributed by atoms with van der Waals surface area (Å²) in [6.45, 7) is 4.75. The predicted molar refractivity (Wildman–Crippen MR) is 230 cm³/mol. The lowest BCUT2D eigenvalue weighted by atomic mass is 9.80. The molecule has 0 fully saturated rings. The summed E-state index contributed by atoms with van der Waals surface area (Å²) >= 11 is 5.12. The van der Waals surface area contributed by atoms with Gasteiger partial charge in [0, 0.05) is 21.6 Å². The van der Waals surface area contributed by atoms with Crippen molar-refractivity contribution in [2.75, 3.05) is 5.32 Å². The highest BCUT2D eigenvalue weighted by molar-refractivity contribution is 7.80. The number of benzene rings is 8. The van der Waals surface area contributed by atoms with Crippen LogP contribution in [0.15, 0.2) is 163 Å². The number of anilines is 2. The molecule has 0 aliphatic heterocycles. The van der Waals surface area contributed by atoms with Crippen molar-refractivity contribution in [1.82, 2.24) is 0 Å². The van der Waals surface area contributed by atoms with Crippen molar-refractivity contribution in [3.8, 4) is 44.5 Å². The van der Waals surface area contributed by atoms with Gasteiger partial charge in [-0.15, -0.1) is 12.6 Å². The molecule has 0 saturated carbocycles. The van der Waals surface area contributed by atoms with Gasteiger partial charge in [-0.05, 0) is 114 Å². The largest absolute Gasteiger partial charge is 0.355 e. The Bertz CT molecular complexity index is 2790. The fraction of sp³-hybridized carbons (Fsp3) is 0.0980. The fourth-order valence-electron chi connectivity index (χ4n) is 9.13. The van der Waals surface area contributed by atoms with E-state index < -0.39 is 0 Å². The van der Waals surface area contributed by atoms with Crippen LogP contribution in [-0.2, 0) is 11.8 Å². The summed E-state index contributed by atoms with van der Waals surface area (Å²) in [5.74, 6) is 0. The Morgan fingerprint density at radius 2 is 1.19 bits per heavy atom. The summed E-state index contributed by atoms with van der Waals surface area (Å²) in [4.78, 5) is 0.987. The van der Waals surface area contributed by atoms with Crippen LogP contribution >= 0.6 is 12.6 Å². The Balaban J connectivity index is 1.16. The van der Waals surface area contributed by atoms with E-state index in [0.717, 1.165) is 45.8 Å². The maximum absolute atomic E-state index is 5.12. The van der Waals surface area contributed by atoms with Crippen molar-refractivity contribution in [1.29, 1.82) is 0 Å². The van der Waals surface area contributed by atoms with Crippen molar-refractivity contribution in [3.63, 3.8) is 0 Å². The number of aryl methyl sites for hydroxylation is 1. The monoisotopic (exact) mass is 697 g/mol. The second-order valence-electron chi connectivity index (χ2n) is 15.0. The van der Waals surface area contributed by atoms with E-state index in [4.69, 9.17) is 12.6 Å². The lowest BCUT2D eigenvalue weighted by Gasteiger charge is -2.27. The third-order valence-electron chi connectivity index (χ3n) is 11.6. The van der Waals surface area contributed by atoms with Crippen LogP contribution in [0.4, 0.5) is 11.4 Å². The van der Waals surface area contributed by atoms with Crippen LogP contribution in [0.5, 0.6) is 0 Å². The standard InChI is InChI=1S/C51H39NS/c1-51(2)47-25-11-10-22-44(47)45-29-28-36(33-16-12-17-34(30-33)38-24-13-23-37(50(38)53)32-14-4-3-5-15-32)49(48(45)51)52-35-26-27-43-41-20-7-6-18-39(41)40-19-8-9-21-42(40)46(43)31-35/h3-6,8-19,21-31,52-53H,7,20H2,1-2H3. The van der Waals surface area contributed by atoms with E-state index in [1.807, 2.05) is 0 Å². The summed E-state index contributed by atoms with van der Waals surface area (Å²) in [6, 6.07) is 55.5. The highest BCUT2D eigenvalue weighted by atomic mass is 32.1. The molecule has 8 aromatic rings. The molecule has 10 rings (SSSR count). The average Bonchev–Trinajstić information content (AvgIpc) is 3.44. The summed E-state index contributed by atoms with van der Waals surface area (Å²) < 4.78 is 0.